The molecule has 0 fully saturated rings. The molecule has 0 heterocycles. The van der Waals surface area contributed by atoms with Gasteiger partial charge in [0.2, 0.25) is 0 Å². The number of nitrogens with zero attached hydrogens (tertiary/aromatic N) is 1. The Morgan fingerprint density at radius 1 is 0.731 bits per heavy atom. The van der Waals surface area contributed by atoms with Crippen LogP contribution in [0.25, 0.3) is 21.5 Å². The second-order valence-corrected chi connectivity index (χ2v) is 5.92. The number of amides is 2. The topological polar surface area (TPSA) is 53.5 Å². The van der Waals surface area contributed by atoms with Crippen LogP contribution in [0.4, 0.5) is 10.5 Å². The van der Waals surface area contributed by atoms with E-state index >= 15 is 0 Å². The highest BCUT2D eigenvalue weighted by Gasteiger charge is 2.04. The molecular formula is C22H17N3O. The predicted molar refractivity (Wildman–Crippen MR) is 108 cm³/mol. The summed E-state index contributed by atoms with van der Waals surface area (Å²) in [6.07, 6.45) is 1.66. The standard InChI is InChI=1S/C22H17N3O/c26-22(24-21-14-6-10-17-8-2-4-13-20(17)21)25-23-15-18-11-5-9-16-7-1-3-12-19(16)18/h1-15H,(H2,24,25,26)/b23-15+. The van der Waals surface area contributed by atoms with Gasteiger partial charge in [0.25, 0.3) is 0 Å². The maximum atomic E-state index is 12.2. The highest BCUT2D eigenvalue weighted by atomic mass is 16.2. The number of benzene rings is 4. The van der Waals surface area contributed by atoms with Crippen LogP contribution in [0, 0.1) is 0 Å². The zero-order chi connectivity index (χ0) is 17.8. The first-order chi connectivity index (χ1) is 12.8. The number of anilines is 1. The van der Waals surface area contributed by atoms with Gasteiger partial charge in [-0.05, 0) is 22.2 Å². The Balaban J connectivity index is 1.49. The number of hydrogen-bond acceptors (Lipinski definition) is 2. The van der Waals surface area contributed by atoms with Crippen LogP contribution in [0.1, 0.15) is 5.56 Å². The summed E-state index contributed by atoms with van der Waals surface area (Å²) in [5.74, 6) is 0. The zero-order valence-corrected chi connectivity index (χ0v) is 14.0. The summed E-state index contributed by atoms with van der Waals surface area (Å²) >= 11 is 0. The normalized spacial score (nSPS) is 11.1. The lowest BCUT2D eigenvalue weighted by molar-refractivity contribution is 0.252. The van der Waals surface area contributed by atoms with Crippen molar-refractivity contribution in [2.45, 2.75) is 0 Å². The molecule has 4 aromatic rings. The summed E-state index contributed by atoms with van der Waals surface area (Å²) in [4.78, 5) is 12.2. The molecule has 0 radical (unpaired) electrons. The third-order valence-corrected chi connectivity index (χ3v) is 4.23. The molecule has 0 atom stereocenters. The van der Waals surface area contributed by atoms with E-state index in [9.17, 15) is 4.79 Å². The molecule has 4 nitrogen and oxygen atoms in total. The summed E-state index contributed by atoms with van der Waals surface area (Å²) in [5, 5.41) is 11.2. The van der Waals surface area contributed by atoms with Crippen molar-refractivity contribution in [1.82, 2.24) is 5.43 Å². The van der Waals surface area contributed by atoms with E-state index in [0.717, 1.165) is 32.8 Å². The van der Waals surface area contributed by atoms with Gasteiger partial charge in [-0.25, -0.2) is 10.2 Å². The van der Waals surface area contributed by atoms with E-state index in [2.05, 4.69) is 15.8 Å². The molecule has 126 valence electrons. The van der Waals surface area contributed by atoms with E-state index < -0.39 is 0 Å². The van der Waals surface area contributed by atoms with Gasteiger partial charge in [-0.2, -0.15) is 5.10 Å². The molecule has 0 saturated heterocycles. The Labute approximate surface area is 151 Å². The van der Waals surface area contributed by atoms with Gasteiger partial charge in [0.05, 0.1) is 11.9 Å². The summed E-state index contributed by atoms with van der Waals surface area (Å²) in [5.41, 5.74) is 4.23. The third-order valence-electron chi connectivity index (χ3n) is 4.23. The molecule has 4 rings (SSSR count). The van der Waals surface area contributed by atoms with Crippen LogP contribution >= 0.6 is 0 Å². The number of hydrogen-bond donors (Lipinski definition) is 2. The van der Waals surface area contributed by atoms with Crippen LogP contribution in [0.5, 0.6) is 0 Å². The van der Waals surface area contributed by atoms with E-state index in [1.54, 1.807) is 6.21 Å². The average molecular weight is 339 g/mol. The average Bonchev–Trinajstić information content (AvgIpc) is 2.68. The molecule has 0 aliphatic carbocycles. The first-order valence-electron chi connectivity index (χ1n) is 8.37. The van der Waals surface area contributed by atoms with Gasteiger partial charge in [-0.15, -0.1) is 0 Å². The molecule has 0 aliphatic rings. The molecular weight excluding hydrogens is 322 g/mol. The number of carbonyl (C=O) groups is 1. The van der Waals surface area contributed by atoms with Crippen molar-refractivity contribution in [2.75, 3.05) is 5.32 Å². The zero-order valence-electron chi connectivity index (χ0n) is 14.0. The van der Waals surface area contributed by atoms with E-state index in [-0.39, 0.29) is 6.03 Å². The van der Waals surface area contributed by atoms with Crippen molar-refractivity contribution in [3.05, 3.63) is 90.5 Å². The molecule has 4 heteroatoms. The van der Waals surface area contributed by atoms with Gasteiger partial charge >= 0.3 is 6.03 Å². The Bertz CT molecular complexity index is 1110. The fourth-order valence-electron chi connectivity index (χ4n) is 3.01. The van der Waals surface area contributed by atoms with Crippen molar-refractivity contribution in [2.24, 2.45) is 5.10 Å². The van der Waals surface area contributed by atoms with Crippen LogP contribution < -0.4 is 10.7 Å². The summed E-state index contributed by atoms with van der Waals surface area (Å²) in [6, 6.07) is 27.4. The van der Waals surface area contributed by atoms with Crippen molar-refractivity contribution >= 4 is 39.5 Å². The van der Waals surface area contributed by atoms with E-state index in [0.29, 0.717) is 0 Å². The molecule has 2 amide bonds. The van der Waals surface area contributed by atoms with Crippen LogP contribution in [0.3, 0.4) is 0 Å². The molecule has 2 N–H and O–H groups in total. The molecule has 0 bridgehead atoms. The Kier molecular flexibility index (Phi) is 4.31. The minimum atomic E-state index is -0.377. The van der Waals surface area contributed by atoms with Crippen LogP contribution in [0.2, 0.25) is 0 Å². The van der Waals surface area contributed by atoms with Gasteiger partial charge < -0.3 is 5.32 Å². The quantitative estimate of drug-likeness (QED) is 0.394. The second-order valence-electron chi connectivity index (χ2n) is 5.92. The molecule has 0 aromatic heterocycles. The molecule has 26 heavy (non-hydrogen) atoms. The largest absolute Gasteiger partial charge is 0.339 e. The molecule has 0 saturated carbocycles. The molecule has 0 aliphatic heterocycles. The lowest BCUT2D eigenvalue weighted by Gasteiger charge is -2.08. The summed E-state index contributed by atoms with van der Waals surface area (Å²) in [7, 11) is 0. The van der Waals surface area contributed by atoms with Crippen LogP contribution in [-0.4, -0.2) is 12.2 Å². The summed E-state index contributed by atoms with van der Waals surface area (Å²) < 4.78 is 0. The predicted octanol–water partition coefficient (Wildman–Crippen LogP) is 5.15. The van der Waals surface area contributed by atoms with Crippen molar-refractivity contribution in [3.8, 4) is 0 Å². The minimum absolute atomic E-state index is 0.377. The number of hydrazone groups is 1. The van der Waals surface area contributed by atoms with E-state index in [1.165, 1.54) is 0 Å². The maximum absolute atomic E-state index is 12.2. The van der Waals surface area contributed by atoms with Crippen molar-refractivity contribution in [3.63, 3.8) is 0 Å². The minimum Gasteiger partial charge on any atom is -0.306 e. The first-order valence-corrected chi connectivity index (χ1v) is 8.37. The van der Waals surface area contributed by atoms with E-state index in [4.69, 9.17) is 0 Å². The number of urea groups is 1. The van der Waals surface area contributed by atoms with Gasteiger partial charge in [0, 0.05) is 10.9 Å². The van der Waals surface area contributed by atoms with Crippen molar-refractivity contribution < 1.29 is 4.79 Å². The highest BCUT2D eigenvalue weighted by Crippen LogP contribution is 2.22. The monoisotopic (exact) mass is 339 g/mol. The third kappa shape index (κ3) is 3.26. The second kappa shape index (κ2) is 7.07. The fraction of sp³-hybridized carbons (Fsp3) is 0. The molecule has 0 unspecified atom stereocenters. The lowest BCUT2D eigenvalue weighted by Crippen LogP contribution is -2.24. The van der Waals surface area contributed by atoms with Crippen LogP contribution in [-0.2, 0) is 0 Å². The van der Waals surface area contributed by atoms with Gasteiger partial charge in [0.1, 0.15) is 0 Å². The van der Waals surface area contributed by atoms with Crippen LogP contribution in [0.15, 0.2) is 90.0 Å². The Hall–Kier alpha value is -3.66. The maximum Gasteiger partial charge on any atom is 0.339 e. The van der Waals surface area contributed by atoms with Crippen molar-refractivity contribution in [1.29, 1.82) is 0 Å². The lowest BCUT2D eigenvalue weighted by atomic mass is 10.1. The van der Waals surface area contributed by atoms with Gasteiger partial charge in [0.15, 0.2) is 0 Å². The smallest absolute Gasteiger partial charge is 0.306 e. The first kappa shape index (κ1) is 15.8. The van der Waals surface area contributed by atoms with E-state index in [1.807, 2.05) is 84.9 Å². The number of rotatable bonds is 3. The fourth-order valence-corrected chi connectivity index (χ4v) is 3.01. The number of nitrogens with one attached hydrogen (secondary N) is 2. The number of carbonyl (C=O) groups excluding carboxylic acids is 1. The highest BCUT2D eigenvalue weighted by molar-refractivity contribution is 6.02. The Morgan fingerprint density at radius 3 is 2.15 bits per heavy atom. The molecule has 0 spiro atoms. The summed E-state index contributed by atoms with van der Waals surface area (Å²) in [6.45, 7) is 0. The van der Waals surface area contributed by atoms with Gasteiger partial charge in [-0.3, -0.25) is 0 Å². The van der Waals surface area contributed by atoms with Gasteiger partial charge in [-0.1, -0.05) is 78.9 Å². The SMILES string of the molecule is O=C(N/N=C/c1cccc2ccccc12)Nc1cccc2ccccc12. The Morgan fingerprint density at radius 2 is 1.35 bits per heavy atom. The molecule has 4 aromatic carbocycles. The number of fused-ring (bicyclic) bond motifs is 2.